The molecule has 0 saturated carbocycles. The van der Waals surface area contributed by atoms with Crippen LogP contribution in [0.1, 0.15) is 5.56 Å². The maximum Gasteiger partial charge on any atom is 0.193 e. The van der Waals surface area contributed by atoms with Gasteiger partial charge in [0, 0.05) is 16.1 Å². The van der Waals surface area contributed by atoms with Gasteiger partial charge in [-0.25, -0.2) is 0 Å². The third-order valence-electron chi connectivity index (χ3n) is 2.99. The predicted molar refractivity (Wildman–Crippen MR) is 80.4 cm³/mol. The summed E-state index contributed by atoms with van der Waals surface area (Å²) in [5.41, 5.74) is 2.54. The quantitative estimate of drug-likeness (QED) is 0.660. The summed E-state index contributed by atoms with van der Waals surface area (Å²) in [6.45, 7) is 1.96. The van der Waals surface area contributed by atoms with E-state index >= 15 is 0 Å². The van der Waals surface area contributed by atoms with E-state index in [0.29, 0.717) is 16.7 Å². The largest absolute Gasteiger partial charge is 0.456 e. The molecule has 2 nitrogen and oxygen atoms in total. The van der Waals surface area contributed by atoms with E-state index < -0.39 is 0 Å². The van der Waals surface area contributed by atoms with E-state index in [2.05, 4.69) is 15.9 Å². The van der Waals surface area contributed by atoms with E-state index in [1.54, 1.807) is 6.07 Å². The molecule has 3 rings (SSSR count). The highest BCUT2D eigenvalue weighted by Gasteiger charge is 2.07. The first kappa shape index (κ1) is 12.2. The van der Waals surface area contributed by atoms with Gasteiger partial charge in [-0.15, -0.1) is 0 Å². The van der Waals surface area contributed by atoms with Crippen molar-refractivity contribution in [3.63, 3.8) is 0 Å². The molecule has 3 aromatic rings. The lowest BCUT2D eigenvalue weighted by Gasteiger charge is -2.04. The molecule has 0 saturated heterocycles. The fraction of sp³-hybridized carbons (Fsp3) is 0.0625. The number of benzene rings is 2. The Morgan fingerprint density at radius 3 is 2.68 bits per heavy atom. The Hall–Kier alpha value is -1.87. The zero-order valence-corrected chi connectivity index (χ0v) is 11.9. The third-order valence-corrected chi connectivity index (χ3v) is 3.49. The first-order valence-electron chi connectivity index (χ1n) is 5.94. The first-order chi connectivity index (χ1) is 9.13. The molecule has 0 fully saturated rings. The molecule has 0 atom stereocenters. The van der Waals surface area contributed by atoms with Crippen LogP contribution in [0.2, 0.25) is 0 Å². The highest BCUT2D eigenvalue weighted by Crippen LogP contribution is 2.25. The first-order valence-corrected chi connectivity index (χ1v) is 6.73. The lowest BCUT2D eigenvalue weighted by Crippen LogP contribution is -2.00. The molecule has 0 aliphatic rings. The van der Waals surface area contributed by atoms with Crippen molar-refractivity contribution in [2.75, 3.05) is 0 Å². The fourth-order valence-electron chi connectivity index (χ4n) is 2.05. The van der Waals surface area contributed by atoms with Gasteiger partial charge >= 0.3 is 0 Å². The average molecular weight is 315 g/mol. The molecule has 1 aromatic heterocycles. The summed E-state index contributed by atoms with van der Waals surface area (Å²) in [7, 11) is 0. The Labute approximate surface area is 118 Å². The second-order valence-electron chi connectivity index (χ2n) is 4.48. The minimum absolute atomic E-state index is 0.0140. The maximum absolute atomic E-state index is 12.1. The molecule has 0 amide bonds. The molecule has 0 aliphatic carbocycles. The van der Waals surface area contributed by atoms with E-state index in [4.69, 9.17) is 4.42 Å². The number of aryl methyl sites for hydroxylation is 1. The number of fused-ring (bicyclic) bond motifs is 1. The van der Waals surface area contributed by atoms with Crippen LogP contribution in [-0.4, -0.2) is 0 Å². The lowest BCUT2D eigenvalue weighted by atomic mass is 10.1. The fourth-order valence-corrected chi connectivity index (χ4v) is 2.45. The summed E-state index contributed by atoms with van der Waals surface area (Å²) >= 11 is 3.42. The van der Waals surface area contributed by atoms with Gasteiger partial charge in [0.25, 0.3) is 0 Å². The van der Waals surface area contributed by atoms with Crippen molar-refractivity contribution < 1.29 is 4.42 Å². The molecule has 19 heavy (non-hydrogen) atoms. The van der Waals surface area contributed by atoms with Gasteiger partial charge in [0.1, 0.15) is 11.3 Å². The molecule has 0 radical (unpaired) electrons. The minimum atomic E-state index is -0.0140. The van der Waals surface area contributed by atoms with Crippen molar-refractivity contribution in [3.8, 4) is 11.3 Å². The number of halogens is 1. The van der Waals surface area contributed by atoms with Crippen molar-refractivity contribution in [1.29, 1.82) is 0 Å². The number of hydrogen-bond acceptors (Lipinski definition) is 2. The zero-order valence-electron chi connectivity index (χ0n) is 10.3. The summed E-state index contributed by atoms with van der Waals surface area (Å²) in [6.07, 6.45) is 0. The monoisotopic (exact) mass is 314 g/mol. The second-order valence-corrected chi connectivity index (χ2v) is 5.40. The summed E-state index contributed by atoms with van der Waals surface area (Å²) in [6, 6.07) is 14.9. The van der Waals surface area contributed by atoms with Gasteiger partial charge in [0.2, 0.25) is 0 Å². The molecule has 0 spiro atoms. The van der Waals surface area contributed by atoms with Gasteiger partial charge in [-0.3, -0.25) is 4.79 Å². The van der Waals surface area contributed by atoms with Crippen molar-refractivity contribution in [3.05, 3.63) is 68.8 Å². The summed E-state index contributed by atoms with van der Waals surface area (Å²) in [4.78, 5) is 12.1. The van der Waals surface area contributed by atoms with Crippen molar-refractivity contribution in [2.45, 2.75) is 6.92 Å². The van der Waals surface area contributed by atoms with Crippen LogP contribution < -0.4 is 5.43 Å². The molecule has 0 bridgehead atoms. The second kappa shape index (κ2) is 4.67. The van der Waals surface area contributed by atoms with Crippen LogP contribution in [0.3, 0.4) is 0 Å². The number of rotatable bonds is 1. The summed E-state index contributed by atoms with van der Waals surface area (Å²) in [5.74, 6) is 0.586. The Kier molecular flexibility index (Phi) is 2.99. The predicted octanol–water partition coefficient (Wildman–Crippen LogP) is 4.53. The topological polar surface area (TPSA) is 30.2 Å². The number of hydrogen-bond donors (Lipinski definition) is 0. The molecule has 0 N–H and O–H groups in total. The highest BCUT2D eigenvalue weighted by molar-refractivity contribution is 9.10. The van der Waals surface area contributed by atoms with Crippen LogP contribution in [0, 0.1) is 6.92 Å². The SMILES string of the molecule is Cc1ccc2oc(-c3cccc(Br)c3)cc(=O)c2c1. The summed E-state index contributed by atoms with van der Waals surface area (Å²) in [5, 5.41) is 0.624. The Balaban J connectivity index is 2.27. The van der Waals surface area contributed by atoms with Crippen molar-refractivity contribution in [1.82, 2.24) is 0 Å². The van der Waals surface area contributed by atoms with Gasteiger partial charge in [-0.05, 0) is 31.2 Å². The van der Waals surface area contributed by atoms with Crippen molar-refractivity contribution >= 4 is 26.9 Å². The van der Waals surface area contributed by atoms with Crippen LogP contribution in [0.15, 0.2) is 62.2 Å². The van der Waals surface area contributed by atoms with Crippen LogP contribution in [0.25, 0.3) is 22.3 Å². The normalized spacial score (nSPS) is 10.8. The van der Waals surface area contributed by atoms with Crippen LogP contribution in [0.4, 0.5) is 0 Å². The van der Waals surface area contributed by atoms with Gasteiger partial charge < -0.3 is 4.42 Å². The van der Waals surface area contributed by atoms with E-state index in [1.807, 2.05) is 49.4 Å². The van der Waals surface area contributed by atoms with E-state index in [0.717, 1.165) is 15.6 Å². The molecule has 0 aliphatic heterocycles. The zero-order chi connectivity index (χ0) is 13.4. The molecule has 3 heteroatoms. The lowest BCUT2D eigenvalue weighted by molar-refractivity contribution is 0.619. The standard InChI is InChI=1S/C16H11BrO2/c1-10-5-6-15-13(7-10)14(18)9-16(19-15)11-3-2-4-12(17)8-11/h2-9H,1H3. The molecule has 0 unspecified atom stereocenters. The maximum atomic E-state index is 12.1. The molecule has 1 heterocycles. The highest BCUT2D eigenvalue weighted by atomic mass is 79.9. The van der Waals surface area contributed by atoms with E-state index in [9.17, 15) is 4.79 Å². The van der Waals surface area contributed by atoms with Gasteiger partial charge in [-0.1, -0.05) is 39.7 Å². The molecule has 94 valence electrons. The van der Waals surface area contributed by atoms with Gasteiger partial charge in [0.15, 0.2) is 5.43 Å². The third kappa shape index (κ3) is 2.34. The van der Waals surface area contributed by atoms with Crippen molar-refractivity contribution in [2.24, 2.45) is 0 Å². The summed E-state index contributed by atoms with van der Waals surface area (Å²) < 4.78 is 6.77. The van der Waals surface area contributed by atoms with E-state index in [-0.39, 0.29) is 5.43 Å². The smallest absolute Gasteiger partial charge is 0.193 e. The molecular weight excluding hydrogens is 304 g/mol. The van der Waals surface area contributed by atoms with E-state index in [1.165, 1.54) is 0 Å². The van der Waals surface area contributed by atoms with Gasteiger partial charge in [-0.2, -0.15) is 0 Å². The Morgan fingerprint density at radius 2 is 1.89 bits per heavy atom. The van der Waals surface area contributed by atoms with Crippen LogP contribution >= 0.6 is 15.9 Å². The van der Waals surface area contributed by atoms with Crippen LogP contribution in [-0.2, 0) is 0 Å². The average Bonchev–Trinajstić information content (AvgIpc) is 2.39. The Bertz CT molecular complexity index is 818. The molecular formula is C16H11BrO2. The molecule has 2 aromatic carbocycles. The minimum Gasteiger partial charge on any atom is -0.456 e. The van der Waals surface area contributed by atoms with Gasteiger partial charge in [0.05, 0.1) is 5.39 Å². The van der Waals surface area contributed by atoms with Crippen LogP contribution in [0.5, 0.6) is 0 Å². The Morgan fingerprint density at radius 1 is 1.05 bits per heavy atom.